The summed E-state index contributed by atoms with van der Waals surface area (Å²) in [6, 6.07) is 14.9. The number of sulfone groups is 1. The van der Waals surface area contributed by atoms with Crippen LogP contribution in [0.3, 0.4) is 0 Å². The van der Waals surface area contributed by atoms with Crippen molar-refractivity contribution < 1.29 is 22.4 Å². The van der Waals surface area contributed by atoms with Crippen molar-refractivity contribution in [2.24, 2.45) is 5.34 Å². The first-order valence-electron chi connectivity index (χ1n) is 9.61. The zero-order valence-electron chi connectivity index (χ0n) is 17.2. The molecule has 3 aromatic rings. The molecule has 0 atom stereocenters. The molecule has 0 unspecified atom stereocenters. The number of aromatic nitrogens is 1. The number of benzene rings is 2. The number of hydrogen-bond donors (Lipinski definition) is 0. The molecule has 0 spiro atoms. The highest BCUT2D eigenvalue weighted by molar-refractivity contribution is 7.90. The van der Waals surface area contributed by atoms with E-state index in [2.05, 4.69) is 10.2 Å². The summed E-state index contributed by atoms with van der Waals surface area (Å²) in [5.74, 6) is -0.326. The molecule has 0 aliphatic carbocycles. The van der Waals surface area contributed by atoms with Gasteiger partial charge in [-0.2, -0.15) is 0 Å². The van der Waals surface area contributed by atoms with E-state index >= 15 is 0 Å². The molecule has 0 fully saturated rings. The van der Waals surface area contributed by atoms with Gasteiger partial charge in [-0.05, 0) is 66.9 Å². The first-order chi connectivity index (χ1) is 14.8. The fourth-order valence-corrected chi connectivity index (χ4v) is 3.97. The van der Waals surface area contributed by atoms with E-state index in [1.54, 1.807) is 36.4 Å². The van der Waals surface area contributed by atoms with E-state index in [9.17, 15) is 17.7 Å². The minimum atomic E-state index is -3.29. The van der Waals surface area contributed by atoms with Crippen LogP contribution in [0, 0.1) is 17.6 Å². The molecule has 9 heteroatoms. The van der Waals surface area contributed by atoms with Gasteiger partial charge in [-0.1, -0.05) is 12.1 Å². The first-order valence-corrected chi connectivity index (χ1v) is 11.5. The second kappa shape index (κ2) is 9.84. The smallest absolute Gasteiger partial charge is 0.175 e. The van der Waals surface area contributed by atoms with Gasteiger partial charge >= 0.3 is 0 Å². The van der Waals surface area contributed by atoms with Crippen molar-refractivity contribution in [1.29, 1.82) is 0 Å². The maximum absolute atomic E-state index is 13.5. The summed E-state index contributed by atoms with van der Waals surface area (Å²) in [5, 5.41) is 2.32. The van der Waals surface area contributed by atoms with Crippen LogP contribution in [-0.4, -0.2) is 39.1 Å². The number of hydrogen-bond acceptors (Lipinski definition) is 6. The van der Waals surface area contributed by atoms with Crippen molar-refractivity contribution in [2.45, 2.75) is 18.2 Å². The van der Waals surface area contributed by atoms with Gasteiger partial charge in [-0.15, -0.1) is 4.91 Å². The molecule has 0 N–H and O–H groups in total. The average Bonchev–Trinajstić information content (AvgIpc) is 3.07. The Kier molecular flexibility index (Phi) is 7.19. The summed E-state index contributed by atoms with van der Waals surface area (Å²) in [4.78, 5) is 14.5. The summed E-state index contributed by atoms with van der Waals surface area (Å²) in [6.07, 6.45) is 1.78. The van der Waals surface area contributed by atoms with Crippen LogP contribution < -0.4 is 0 Å². The third kappa shape index (κ3) is 5.56. The monoisotopic (exact) mass is 446 g/mol. The molecule has 31 heavy (non-hydrogen) atoms. The Morgan fingerprint density at radius 3 is 2.29 bits per heavy atom. The average molecular weight is 447 g/mol. The molecule has 0 bridgehead atoms. The molecular weight excluding hydrogens is 423 g/mol. The Morgan fingerprint density at radius 1 is 1.00 bits per heavy atom. The number of nitrogens with zero attached hydrogens (tertiary/aromatic N) is 2. The van der Waals surface area contributed by atoms with Crippen molar-refractivity contribution in [2.75, 3.05) is 26.1 Å². The predicted molar refractivity (Wildman–Crippen MR) is 115 cm³/mol. The van der Waals surface area contributed by atoms with Gasteiger partial charge in [0.2, 0.25) is 0 Å². The maximum Gasteiger partial charge on any atom is 0.175 e. The van der Waals surface area contributed by atoms with Crippen molar-refractivity contribution in [3.63, 3.8) is 0 Å². The van der Waals surface area contributed by atoms with E-state index in [4.69, 9.17) is 4.74 Å². The Balaban J connectivity index is 1.94. The van der Waals surface area contributed by atoms with Crippen LogP contribution in [0.2, 0.25) is 0 Å². The van der Waals surface area contributed by atoms with E-state index in [0.29, 0.717) is 13.0 Å². The SMILES string of the molecule is Cc1c(CCOCCON=O)cc(-c2ccc(S(C)(=O)=O)cc2)n1-c1ccc(F)cc1. The summed E-state index contributed by atoms with van der Waals surface area (Å²) < 4.78 is 44.5. The highest BCUT2D eigenvalue weighted by atomic mass is 32.2. The van der Waals surface area contributed by atoms with Gasteiger partial charge in [-0.3, -0.25) is 0 Å². The quantitative estimate of drug-likeness (QED) is 0.264. The molecule has 0 amide bonds. The molecule has 0 saturated carbocycles. The largest absolute Gasteiger partial charge is 0.377 e. The molecule has 1 aromatic heterocycles. The Hall–Kier alpha value is -3.04. The summed E-state index contributed by atoms with van der Waals surface area (Å²) in [5.41, 5.74) is 4.47. The summed E-state index contributed by atoms with van der Waals surface area (Å²) in [7, 11) is -3.29. The maximum atomic E-state index is 13.5. The van der Waals surface area contributed by atoms with Crippen LogP contribution in [-0.2, 0) is 25.8 Å². The lowest BCUT2D eigenvalue weighted by atomic mass is 10.1. The molecule has 2 aromatic carbocycles. The van der Waals surface area contributed by atoms with Gasteiger partial charge < -0.3 is 14.1 Å². The van der Waals surface area contributed by atoms with Gasteiger partial charge in [0.25, 0.3) is 0 Å². The van der Waals surface area contributed by atoms with Crippen molar-refractivity contribution in [3.05, 3.63) is 76.6 Å². The highest BCUT2D eigenvalue weighted by Crippen LogP contribution is 2.30. The predicted octanol–water partition coefficient (Wildman–Crippen LogP) is 4.25. The standard InChI is InChI=1S/C22H23FN2O5S/c1-16-18(11-12-29-13-14-30-24-26)15-22(25(16)20-7-5-19(23)6-8-20)17-3-9-21(10-4-17)31(2,27)28/h3-10,15H,11-14H2,1-2H3. The molecule has 0 radical (unpaired) electrons. The third-order valence-electron chi connectivity index (χ3n) is 4.90. The fraction of sp³-hybridized carbons (Fsp3) is 0.273. The summed E-state index contributed by atoms with van der Waals surface area (Å²) >= 11 is 0. The van der Waals surface area contributed by atoms with E-state index in [0.717, 1.165) is 28.2 Å². The Morgan fingerprint density at radius 2 is 1.68 bits per heavy atom. The zero-order valence-corrected chi connectivity index (χ0v) is 18.1. The van der Waals surface area contributed by atoms with Crippen molar-refractivity contribution in [3.8, 4) is 16.9 Å². The normalized spacial score (nSPS) is 11.5. The van der Waals surface area contributed by atoms with Crippen LogP contribution in [0.25, 0.3) is 16.9 Å². The topological polar surface area (TPSA) is 87.0 Å². The van der Waals surface area contributed by atoms with Crippen LogP contribution in [0.4, 0.5) is 4.39 Å². The molecule has 3 rings (SSSR count). The highest BCUT2D eigenvalue weighted by Gasteiger charge is 2.16. The zero-order chi connectivity index (χ0) is 22.4. The van der Waals surface area contributed by atoms with E-state index in [1.165, 1.54) is 18.4 Å². The number of ether oxygens (including phenoxy) is 1. The third-order valence-corrected chi connectivity index (χ3v) is 6.03. The Bertz CT molecular complexity index is 1140. The second-order valence-corrected chi connectivity index (χ2v) is 9.03. The Labute approximate surface area is 180 Å². The lowest BCUT2D eigenvalue weighted by Gasteiger charge is -2.13. The van der Waals surface area contributed by atoms with Crippen LogP contribution >= 0.6 is 0 Å². The lowest BCUT2D eigenvalue weighted by molar-refractivity contribution is 0.0499. The van der Waals surface area contributed by atoms with Crippen molar-refractivity contribution in [1.82, 2.24) is 4.57 Å². The van der Waals surface area contributed by atoms with Gasteiger partial charge in [-0.25, -0.2) is 12.8 Å². The molecular formula is C22H23FN2O5S. The summed E-state index contributed by atoms with van der Waals surface area (Å²) in [6.45, 7) is 2.73. The first kappa shape index (κ1) is 22.6. The fourth-order valence-electron chi connectivity index (χ4n) is 3.34. The minimum Gasteiger partial charge on any atom is -0.377 e. The van der Waals surface area contributed by atoms with E-state index in [1.807, 2.05) is 17.6 Å². The van der Waals surface area contributed by atoms with E-state index < -0.39 is 9.84 Å². The number of halogens is 1. The van der Waals surface area contributed by atoms with Crippen LogP contribution in [0.1, 0.15) is 11.3 Å². The second-order valence-electron chi connectivity index (χ2n) is 7.02. The molecule has 0 aliphatic rings. The van der Waals surface area contributed by atoms with Crippen molar-refractivity contribution >= 4 is 9.84 Å². The van der Waals surface area contributed by atoms with Gasteiger partial charge in [0.05, 0.1) is 23.8 Å². The minimum absolute atomic E-state index is 0.0943. The van der Waals surface area contributed by atoms with Gasteiger partial charge in [0.1, 0.15) is 12.4 Å². The van der Waals surface area contributed by atoms with Crippen LogP contribution in [0.15, 0.2) is 64.8 Å². The molecule has 1 heterocycles. The van der Waals surface area contributed by atoms with E-state index in [-0.39, 0.29) is 23.9 Å². The number of rotatable bonds is 10. The van der Waals surface area contributed by atoms with Gasteiger partial charge in [0, 0.05) is 17.6 Å². The van der Waals surface area contributed by atoms with Crippen LogP contribution in [0.5, 0.6) is 0 Å². The molecule has 164 valence electrons. The van der Waals surface area contributed by atoms with Gasteiger partial charge in [0.15, 0.2) is 15.2 Å². The lowest BCUT2D eigenvalue weighted by Crippen LogP contribution is -2.05. The molecule has 0 saturated heterocycles. The molecule has 0 aliphatic heterocycles. The molecule has 7 nitrogen and oxygen atoms in total.